The van der Waals surface area contributed by atoms with E-state index in [0.717, 1.165) is 25.9 Å². The summed E-state index contributed by atoms with van der Waals surface area (Å²) in [6.45, 7) is 2.61. The van der Waals surface area contributed by atoms with Gasteiger partial charge in [-0.2, -0.15) is 0 Å². The summed E-state index contributed by atoms with van der Waals surface area (Å²) >= 11 is 1.95. The first-order chi connectivity index (χ1) is 9.58. The van der Waals surface area contributed by atoms with Crippen molar-refractivity contribution in [3.63, 3.8) is 0 Å². The van der Waals surface area contributed by atoms with Crippen LogP contribution in [0.4, 0.5) is 5.69 Å². The molecule has 21 heavy (non-hydrogen) atoms. The van der Waals surface area contributed by atoms with Gasteiger partial charge < -0.3 is 10.6 Å². The summed E-state index contributed by atoms with van der Waals surface area (Å²) in [5.74, 6) is 0.290. The molecule has 1 heterocycles. The van der Waals surface area contributed by atoms with E-state index in [1.54, 1.807) is 0 Å². The van der Waals surface area contributed by atoms with E-state index < -0.39 is 4.92 Å². The van der Waals surface area contributed by atoms with Gasteiger partial charge in [0.05, 0.1) is 10.5 Å². The van der Waals surface area contributed by atoms with Crippen molar-refractivity contribution in [3.8, 4) is 0 Å². The van der Waals surface area contributed by atoms with Crippen LogP contribution in [0.25, 0.3) is 0 Å². The number of hydrogen-bond donors (Lipinski definition) is 2. The van der Waals surface area contributed by atoms with E-state index in [2.05, 4.69) is 10.6 Å². The van der Waals surface area contributed by atoms with Crippen LogP contribution in [-0.4, -0.2) is 30.5 Å². The molecule has 1 saturated heterocycles. The second kappa shape index (κ2) is 8.50. The maximum atomic E-state index is 12.1. The molecule has 116 valence electrons. The molecule has 1 aromatic carbocycles. The van der Waals surface area contributed by atoms with E-state index in [0.29, 0.717) is 21.6 Å². The fourth-order valence-corrected chi connectivity index (χ4v) is 2.98. The van der Waals surface area contributed by atoms with Crippen molar-refractivity contribution in [1.29, 1.82) is 0 Å². The molecule has 0 radical (unpaired) electrons. The Morgan fingerprint density at radius 3 is 2.86 bits per heavy atom. The molecular weight excluding hydrogens is 409 g/mol. The lowest BCUT2D eigenvalue weighted by atomic mass is 9.99. The summed E-state index contributed by atoms with van der Waals surface area (Å²) in [6.07, 6.45) is 2.25. The molecule has 2 N–H and O–H groups in total. The predicted molar refractivity (Wildman–Crippen MR) is 91.0 cm³/mol. The van der Waals surface area contributed by atoms with Crippen molar-refractivity contribution in [2.24, 2.45) is 5.92 Å². The van der Waals surface area contributed by atoms with Gasteiger partial charge in [-0.25, -0.2) is 0 Å². The third-order valence-corrected chi connectivity index (χ3v) is 4.25. The fraction of sp³-hybridized carbons (Fsp3) is 0.462. The topological polar surface area (TPSA) is 84.3 Å². The molecule has 0 spiro atoms. The third-order valence-electron chi connectivity index (χ3n) is 3.36. The van der Waals surface area contributed by atoms with Crippen LogP contribution in [0, 0.1) is 19.6 Å². The Balaban J connectivity index is 0.00000220. The summed E-state index contributed by atoms with van der Waals surface area (Å²) in [6, 6.07) is 4.28. The number of amides is 1. The normalized spacial score (nSPS) is 17.7. The Kier molecular flexibility index (Phi) is 7.33. The Morgan fingerprint density at radius 2 is 2.29 bits per heavy atom. The minimum Gasteiger partial charge on any atom is -0.352 e. The standard InChI is InChI=1S/C13H16IN3O3.ClH/c14-12-6-10(17(19)20)3-4-11(12)13(18)16-8-9-2-1-5-15-7-9;/h3-4,6,9,15H,1-2,5,7-8H2,(H,16,18);1H. The first kappa shape index (κ1) is 18.1. The van der Waals surface area contributed by atoms with Crippen molar-refractivity contribution < 1.29 is 9.72 Å². The zero-order valence-electron chi connectivity index (χ0n) is 11.3. The maximum absolute atomic E-state index is 12.1. The molecule has 0 bridgehead atoms. The molecule has 1 aliphatic heterocycles. The van der Waals surface area contributed by atoms with Gasteiger partial charge in [0.1, 0.15) is 0 Å². The Hall–Kier alpha value is -0.930. The first-order valence-electron chi connectivity index (χ1n) is 6.51. The van der Waals surface area contributed by atoms with Crippen LogP contribution in [0.1, 0.15) is 23.2 Å². The summed E-state index contributed by atoms with van der Waals surface area (Å²) in [5, 5.41) is 16.9. The van der Waals surface area contributed by atoms with Crippen molar-refractivity contribution in [1.82, 2.24) is 10.6 Å². The van der Waals surface area contributed by atoms with Gasteiger partial charge in [-0.3, -0.25) is 14.9 Å². The molecular formula is C13H17ClIN3O3. The van der Waals surface area contributed by atoms with Crippen molar-refractivity contribution in [2.75, 3.05) is 19.6 Å². The molecule has 1 aliphatic rings. The van der Waals surface area contributed by atoms with E-state index in [1.807, 2.05) is 22.6 Å². The number of nitro benzene ring substituents is 1. The van der Waals surface area contributed by atoms with Crippen LogP contribution < -0.4 is 10.6 Å². The zero-order valence-corrected chi connectivity index (χ0v) is 14.3. The monoisotopic (exact) mass is 425 g/mol. The van der Waals surface area contributed by atoms with Crippen LogP contribution in [0.15, 0.2) is 18.2 Å². The average Bonchev–Trinajstić information content (AvgIpc) is 2.45. The highest BCUT2D eigenvalue weighted by Crippen LogP contribution is 2.19. The number of hydrogen-bond acceptors (Lipinski definition) is 4. The molecule has 2 rings (SSSR count). The molecule has 1 unspecified atom stereocenters. The molecule has 1 amide bonds. The molecule has 1 aromatic rings. The highest BCUT2D eigenvalue weighted by molar-refractivity contribution is 14.1. The lowest BCUT2D eigenvalue weighted by Crippen LogP contribution is -2.38. The minimum atomic E-state index is -0.461. The van der Waals surface area contributed by atoms with Gasteiger partial charge >= 0.3 is 0 Å². The minimum absolute atomic E-state index is 0. The van der Waals surface area contributed by atoms with Gasteiger partial charge in [0.2, 0.25) is 0 Å². The van der Waals surface area contributed by atoms with Gasteiger partial charge in [0.25, 0.3) is 11.6 Å². The summed E-state index contributed by atoms with van der Waals surface area (Å²) < 4.78 is 0.594. The van der Waals surface area contributed by atoms with Crippen LogP contribution in [0.3, 0.4) is 0 Å². The van der Waals surface area contributed by atoms with E-state index >= 15 is 0 Å². The van der Waals surface area contributed by atoms with Gasteiger partial charge in [-0.1, -0.05) is 0 Å². The van der Waals surface area contributed by atoms with E-state index in [-0.39, 0.29) is 24.0 Å². The van der Waals surface area contributed by atoms with E-state index in [4.69, 9.17) is 0 Å². The predicted octanol–water partition coefficient (Wildman–Crippen LogP) is 2.35. The Morgan fingerprint density at radius 1 is 1.52 bits per heavy atom. The Bertz CT molecular complexity index is 521. The highest BCUT2D eigenvalue weighted by atomic mass is 127. The SMILES string of the molecule is Cl.O=C(NCC1CCCNC1)c1ccc([N+](=O)[O-])cc1I. The summed E-state index contributed by atoms with van der Waals surface area (Å²) in [4.78, 5) is 22.3. The number of benzene rings is 1. The number of halogens is 2. The fourth-order valence-electron chi connectivity index (χ4n) is 2.23. The van der Waals surface area contributed by atoms with Crippen LogP contribution in [0.2, 0.25) is 0 Å². The third kappa shape index (κ3) is 5.08. The highest BCUT2D eigenvalue weighted by Gasteiger charge is 2.17. The number of nitro groups is 1. The molecule has 6 nitrogen and oxygen atoms in total. The Labute approximate surface area is 142 Å². The largest absolute Gasteiger partial charge is 0.352 e. The summed E-state index contributed by atoms with van der Waals surface area (Å²) in [7, 11) is 0. The van der Waals surface area contributed by atoms with Crippen LogP contribution in [0.5, 0.6) is 0 Å². The van der Waals surface area contributed by atoms with Crippen molar-refractivity contribution in [2.45, 2.75) is 12.8 Å². The smallest absolute Gasteiger partial charge is 0.270 e. The number of nitrogens with zero attached hydrogens (tertiary/aromatic N) is 1. The van der Waals surface area contributed by atoms with Gasteiger partial charge in [-0.15, -0.1) is 12.4 Å². The van der Waals surface area contributed by atoms with Gasteiger partial charge in [-0.05, 0) is 60.5 Å². The number of rotatable bonds is 4. The first-order valence-corrected chi connectivity index (χ1v) is 7.58. The lowest BCUT2D eigenvalue weighted by molar-refractivity contribution is -0.384. The molecule has 8 heteroatoms. The van der Waals surface area contributed by atoms with Crippen molar-refractivity contribution in [3.05, 3.63) is 37.4 Å². The number of nitrogens with one attached hydrogen (secondary N) is 2. The van der Waals surface area contributed by atoms with Crippen LogP contribution in [-0.2, 0) is 0 Å². The number of carbonyl (C=O) groups is 1. The quantitative estimate of drug-likeness (QED) is 0.441. The van der Waals surface area contributed by atoms with E-state index in [9.17, 15) is 14.9 Å². The number of non-ortho nitro benzene ring substituents is 1. The molecule has 0 aromatic heterocycles. The molecule has 1 fully saturated rings. The molecule has 0 aliphatic carbocycles. The van der Waals surface area contributed by atoms with Gasteiger partial charge in [0, 0.05) is 22.2 Å². The zero-order chi connectivity index (χ0) is 14.5. The number of piperidine rings is 1. The lowest BCUT2D eigenvalue weighted by Gasteiger charge is -2.22. The maximum Gasteiger partial charge on any atom is 0.270 e. The molecule has 1 atom stereocenters. The van der Waals surface area contributed by atoms with Gasteiger partial charge in [0.15, 0.2) is 0 Å². The summed E-state index contributed by atoms with van der Waals surface area (Å²) in [5.41, 5.74) is 0.488. The van der Waals surface area contributed by atoms with Crippen LogP contribution >= 0.6 is 35.0 Å². The van der Waals surface area contributed by atoms with Crippen molar-refractivity contribution >= 4 is 46.6 Å². The van der Waals surface area contributed by atoms with E-state index in [1.165, 1.54) is 18.2 Å². The second-order valence-corrected chi connectivity index (χ2v) is 6.01. The number of carbonyl (C=O) groups excluding carboxylic acids is 1. The second-order valence-electron chi connectivity index (χ2n) is 4.84. The molecule has 0 saturated carbocycles. The average molecular weight is 426 g/mol.